The number of carbonyl (C=O) groups excluding carboxylic acids is 3. The summed E-state index contributed by atoms with van der Waals surface area (Å²) in [6.07, 6.45) is -8.82. The maximum atomic E-state index is 12.7. The summed E-state index contributed by atoms with van der Waals surface area (Å²) in [5, 5.41) is 74.1. The Morgan fingerprint density at radius 2 is 1.30 bits per heavy atom. The Bertz CT molecular complexity index is 830. The van der Waals surface area contributed by atoms with E-state index in [0.29, 0.717) is 0 Å². The molecule has 0 heterocycles. The highest BCUT2D eigenvalue weighted by molar-refractivity contribution is 7.98. The van der Waals surface area contributed by atoms with Crippen molar-refractivity contribution in [1.29, 1.82) is 0 Å². The Kier molecular flexibility index (Phi) is 15.3. The highest BCUT2D eigenvalue weighted by Crippen LogP contribution is 2.06. The molecule has 0 fully saturated rings. The first kappa shape index (κ1) is 34.0. The van der Waals surface area contributed by atoms with Crippen LogP contribution in [0.5, 0.6) is 0 Å². The van der Waals surface area contributed by atoms with Crippen molar-refractivity contribution in [2.45, 2.75) is 55.4 Å². The Morgan fingerprint density at radius 1 is 0.757 bits per heavy atom. The maximum absolute atomic E-state index is 12.7. The van der Waals surface area contributed by atoms with E-state index in [9.17, 15) is 54.3 Å². The predicted molar refractivity (Wildman–Crippen MR) is 124 cm³/mol. The zero-order valence-corrected chi connectivity index (χ0v) is 20.7. The number of carbonyl (C=O) groups is 6. The topological polar surface area (TPSA) is 292 Å². The van der Waals surface area contributed by atoms with Crippen LogP contribution in [-0.2, 0) is 28.8 Å². The van der Waals surface area contributed by atoms with Crippen molar-refractivity contribution in [3.63, 3.8) is 0 Å². The maximum Gasteiger partial charge on any atom is 0.335 e. The smallest absolute Gasteiger partial charge is 0.335 e. The number of amides is 3. The Hall–Kier alpha value is -3.03. The molecule has 0 aromatic rings. The van der Waals surface area contributed by atoms with Gasteiger partial charge in [-0.3, -0.25) is 19.2 Å². The molecule has 0 rings (SSSR count). The highest BCUT2D eigenvalue weighted by Gasteiger charge is 2.35. The fourth-order valence-corrected chi connectivity index (χ4v) is 3.31. The van der Waals surface area contributed by atoms with Crippen LogP contribution in [0, 0.1) is 0 Å². The van der Waals surface area contributed by atoms with E-state index in [2.05, 4.69) is 21.3 Å². The number of carboxylic acid groups (broad SMARTS) is 3. The largest absolute Gasteiger partial charge is 0.481 e. The monoisotopic (exact) mass is 556 g/mol. The zero-order chi connectivity index (χ0) is 28.9. The fourth-order valence-electron chi connectivity index (χ4n) is 2.75. The molecule has 0 aliphatic rings. The number of nitrogens with one attached hydrogen (secondary N) is 4. The fraction of sp³-hybridized carbons (Fsp3) is 0.684. The minimum atomic E-state index is -2.43. The lowest BCUT2D eigenvalue weighted by atomic mass is 10.0. The van der Waals surface area contributed by atoms with Crippen LogP contribution >= 0.6 is 11.8 Å². The third kappa shape index (κ3) is 12.2. The van der Waals surface area contributed by atoms with E-state index in [0.717, 1.165) is 11.8 Å². The van der Waals surface area contributed by atoms with Gasteiger partial charge >= 0.3 is 17.9 Å². The molecule has 0 aliphatic carbocycles. The van der Waals surface area contributed by atoms with Gasteiger partial charge in [-0.15, -0.1) is 0 Å². The van der Waals surface area contributed by atoms with Crippen LogP contribution in [-0.4, -0.2) is 140 Å². The minimum absolute atomic E-state index is 0.0549. The van der Waals surface area contributed by atoms with Crippen molar-refractivity contribution in [3.05, 3.63) is 0 Å². The second-order valence-electron chi connectivity index (χ2n) is 7.69. The van der Waals surface area contributed by atoms with Gasteiger partial charge in [0.2, 0.25) is 17.7 Å². The number of thioether (sulfide) groups is 1. The molecule has 0 radical (unpaired) electrons. The first-order chi connectivity index (χ1) is 17.2. The third-order valence-electron chi connectivity index (χ3n) is 4.84. The molecule has 0 unspecified atom stereocenters. The number of carboxylic acids is 3. The Labute approximate surface area is 214 Å². The van der Waals surface area contributed by atoms with Crippen molar-refractivity contribution < 1.29 is 64.5 Å². The number of hydrogen-bond acceptors (Lipinski definition) is 12. The molecule has 0 spiro atoms. The number of aliphatic hydroxyl groups is 4. The lowest BCUT2D eigenvalue weighted by Crippen LogP contribution is -2.57. The summed E-state index contributed by atoms with van der Waals surface area (Å²) in [4.78, 5) is 70.5. The first-order valence-corrected chi connectivity index (χ1v) is 12.0. The standard InChI is InChI=1S/C19H32N4O13S/c1-20-7(4-12(26)27)16(31)22-8(17(32)23-9(6-37-2)18(33)34)3-11(25)21-5-10(24)13(28)14(29)15(30)19(35)36/h7-10,13-15,20,24,28-30H,3-6H2,1-2H3,(H,21,25)(H,22,31)(H,23,32)(H,26,27)(H,33,34)(H,35,36)/t7-,8-,9-,10-,13+,14-,15-/m0/s1. The van der Waals surface area contributed by atoms with E-state index in [1.807, 2.05) is 0 Å². The summed E-state index contributed by atoms with van der Waals surface area (Å²) in [5.74, 6) is -7.77. The van der Waals surface area contributed by atoms with Crippen molar-refractivity contribution in [2.75, 3.05) is 25.6 Å². The van der Waals surface area contributed by atoms with Gasteiger partial charge in [0.05, 0.1) is 25.0 Å². The van der Waals surface area contributed by atoms with E-state index in [1.54, 1.807) is 6.26 Å². The quantitative estimate of drug-likeness (QED) is 0.0750. The second kappa shape index (κ2) is 16.7. The van der Waals surface area contributed by atoms with Gasteiger partial charge in [-0.25, -0.2) is 9.59 Å². The van der Waals surface area contributed by atoms with Crippen LogP contribution in [0.4, 0.5) is 0 Å². The molecule has 17 nitrogen and oxygen atoms in total. The van der Waals surface area contributed by atoms with Crippen molar-refractivity contribution in [1.82, 2.24) is 21.3 Å². The number of aliphatic hydroxyl groups excluding tert-OH is 4. The van der Waals surface area contributed by atoms with Crippen LogP contribution in [0.2, 0.25) is 0 Å². The van der Waals surface area contributed by atoms with Crippen LogP contribution in [0.15, 0.2) is 0 Å². The van der Waals surface area contributed by atoms with Gasteiger partial charge in [-0.1, -0.05) is 0 Å². The van der Waals surface area contributed by atoms with Gasteiger partial charge in [0.25, 0.3) is 0 Å². The molecule has 3 amide bonds. The number of hydrogen-bond donors (Lipinski definition) is 11. The van der Waals surface area contributed by atoms with E-state index in [4.69, 9.17) is 10.2 Å². The van der Waals surface area contributed by atoms with Crippen LogP contribution < -0.4 is 21.3 Å². The molecule has 0 aromatic carbocycles. The third-order valence-corrected chi connectivity index (χ3v) is 5.51. The Morgan fingerprint density at radius 3 is 1.76 bits per heavy atom. The van der Waals surface area contributed by atoms with Gasteiger partial charge in [0, 0.05) is 12.3 Å². The van der Waals surface area contributed by atoms with Crippen LogP contribution in [0.1, 0.15) is 12.8 Å². The average molecular weight is 557 g/mol. The molecule has 0 saturated heterocycles. The molecule has 11 N–H and O–H groups in total. The summed E-state index contributed by atoms with van der Waals surface area (Å²) >= 11 is 1.09. The molecule has 7 atom stereocenters. The predicted octanol–water partition coefficient (Wildman–Crippen LogP) is -5.50. The van der Waals surface area contributed by atoms with E-state index in [-0.39, 0.29) is 5.75 Å². The van der Waals surface area contributed by atoms with Gasteiger partial charge in [-0.2, -0.15) is 11.8 Å². The van der Waals surface area contributed by atoms with Crippen molar-refractivity contribution in [2.24, 2.45) is 0 Å². The normalized spacial score (nSPS) is 16.7. The van der Waals surface area contributed by atoms with E-state index in [1.165, 1.54) is 7.05 Å². The summed E-state index contributed by atoms with van der Waals surface area (Å²) in [7, 11) is 1.27. The summed E-state index contributed by atoms with van der Waals surface area (Å²) in [5.41, 5.74) is 0. The average Bonchev–Trinajstić information content (AvgIpc) is 2.82. The Balaban J connectivity index is 5.46. The molecule has 0 aromatic heterocycles. The summed E-state index contributed by atoms with van der Waals surface area (Å²) < 4.78 is 0. The molecule has 0 saturated carbocycles. The zero-order valence-electron chi connectivity index (χ0n) is 19.9. The summed E-state index contributed by atoms with van der Waals surface area (Å²) in [6, 6.07) is -4.39. The number of rotatable bonds is 18. The minimum Gasteiger partial charge on any atom is -0.481 e. The van der Waals surface area contributed by atoms with Crippen LogP contribution in [0.3, 0.4) is 0 Å². The number of aliphatic carboxylic acids is 3. The summed E-state index contributed by atoms with van der Waals surface area (Å²) in [6.45, 7) is -0.784. The van der Waals surface area contributed by atoms with Gasteiger partial charge < -0.3 is 57.0 Å². The van der Waals surface area contributed by atoms with E-state index >= 15 is 0 Å². The molecular weight excluding hydrogens is 524 g/mol. The molecule has 37 heavy (non-hydrogen) atoms. The highest BCUT2D eigenvalue weighted by atomic mass is 32.2. The molecular formula is C19H32N4O13S. The van der Waals surface area contributed by atoms with Crippen molar-refractivity contribution >= 4 is 47.4 Å². The molecule has 0 aliphatic heterocycles. The lowest BCUT2D eigenvalue weighted by molar-refractivity contribution is -0.162. The van der Waals surface area contributed by atoms with Crippen molar-refractivity contribution in [3.8, 4) is 0 Å². The van der Waals surface area contributed by atoms with Gasteiger partial charge in [0.15, 0.2) is 6.10 Å². The molecule has 0 bridgehead atoms. The van der Waals surface area contributed by atoms with Gasteiger partial charge in [-0.05, 0) is 13.3 Å². The van der Waals surface area contributed by atoms with Crippen LogP contribution in [0.25, 0.3) is 0 Å². The SMILES string of the molecule is CN[C@@H](CC(=O)O)C(=O)N[C@@H](CC(=O)NC[C@H](O)[C@@H](O)[C@H](O)[C@H](O)C(=O)O)C(=O)N[C@@H](CSC)C(=O)O. The second-order valence-corrected chi connectivity index (χ2v) is 8.61. The molecule has 18 heteroatoms. The lowest BCUT2D eigenvalue weighted by Gasteiger charge is -2.25. The van der Waals surface area contributed by atoms with E-state index < -0.39 is 97.6 Å². The molecule has 212 valence electrons. The first-order valence-electron chi connectivity index (χ1n) is 10.6. The van der Waals surface area contributed by atoms with Gasteiger partial charge in [0.1, 0.15) is 24.3 Å². The number of likely N-dealkylation sites (N-methyl/N-ethyl adjacent to an activating group) is 1.